The van der Waals surface area contributed by atoms with Gasteiger partial charge in [-0.3, -0.25) is 38.4 Å². The summed E-state index contributed by atoms with van der Waals surface area (Å²) in [5.74, 6) is -17.8. The third-order valence-electron chi connectivity index (χ3n) is 20.4. The summed E-state index contributed by atoms with van der Waals surface area (Å²) in [6.07, 6.45) is -9.83. The maximum atomic E-state index is 14.0. The number of carbonyl (C=O) groups excluding carboxylic acids is 8. The minimum atomic E-state index is -4.68. The smallest absolute Gasteiger partial charge is 0.354 e. The van der Waals surface area contributed by atoms with Gasteiger partial charge >= 0.3 is 12.4 Å². The second-order valence-corrected chi connectivity index (χ2v) is 29.8. The average molecular weight is 1700 g/mol. The summed E-state index contributed by atoms with van der Waals surface area (Å²) in [4.78, 5) is 107. The van der Waals surface area contributed by atoms with E-state index in [1.54, 1.807) is 27.7 Å². The van der Waals surface area contributed by atoms with Crippen molar-refractivity contribution in [1.82, 2.24) is 40.4 Å². The Morgan fingerprint density at radius 2 is 0.788 bits per heavy atom. The van der Waals surface area contributed by atoms with Crippen LogP contribution in [-0.4, -0.2) is 184 Å². The molecule has 5 aliphatic rings. The van der Waals surface area contributed by atoms with Crippen LogP contribution in [0, 0.1) is 75.7 Å². The van der Waals surface area contributed by atoms with Crippen molar-refractivity contribution in [3.63, 3.8) is 0 Å². The summed E-state index contributed by atoms with van der Waals surface area (Å²) in [6, 6.07) is 0.965. The van der Waals surface area contributed by atoms with E-state index in [4.69, 9.17) is 22.9 Å². The van der Waals surface area contributed by atoms with Gasteiger partial charge in [0.1, 0.15) is 47.4 Å². The van der Waals surface area contributed by atoms with Crippen LogP contribution in [-0.2, 0) is 76.6 Å². The molecule has 5 fully saturated rings. The Morgan fingerprint density at radius 3 is 1.19 bits per heavy atom. The molecule has 5 aliphatic heterocycles. The molecule has 0 aliphatic carbocycles. The van der Waals surface area contributed by atoms with Crippen molar-refractivity contribution in [3.05, 3.63) is 176 Å². The molecular formula is C80H100F18N12O8. The van der Waals surface area contributed by atoms with Crippen molar-refractivity contribution < 1.29 is 117 Å². The molecule has 1 unspecified atom stereocenters. The van der Waals surface area contributed by atoms with E-state index < -0.39 is 179 Å². The molecule has 118 heavy (non-hydrogen) atoms. The number of carbonyl (C=O) groups is 8. The topological polar surface area (TPSA) is 293 Å². The monoisotopic (exact) mass is 1700 g/mol. The van der Waals surface area contributed by atoms with Gasteiger partial charge in [0.25, 0.3) is 0 Å². The van der Waals surface area contributed by atoms with Gasteiger partial charge in [-0.05, 0) is 150 Å². The number of nitrogens with two attached hydrogens (primary N) is 4. The van der Waals surface area contributed by atoms with E-state index in [-0.39, 0.29) is 155 Å². The quantitative estimate of drug-likeness (QED) is 0.0300. The Balaban J connectivity index is 0.000000281. The van der Waals surface area contributed by atoms with Gasteiger partial charge in [0.2, 0.25) is 47.3 Å². The molecule has 5 saturated heterocycles. The Kier molecular flexibility index (Phi) is 36.4. The van der Waals surface area contributed by atoms with Crippen LogP contribution >= 0.6 is 0 Å². The highest BCUT2D eigenvalue weighted by Gasteiger charge is 2.44. The molecule has 20 nitrogen and oxygen atoms in total. The molecule has 5 aromatic rings. The van der Waals surface area contributed by atoms with Crippen LogP contribution in [0.5, 0.6) is 0 Å². The molecule has 5 aromatic carbocycles. The second kappa shape index (κ2) is 43.4. The number of nitrogens with zero attached hydrogens (tertiary/aromatic N) is 5. The first-order valence-corrected chi connectivity index (χ1v) is 37.3. The van der Waals surface area contributed by atoms with Crippen LogP contribution < -0.4 is 38.9 Å². The summed E-state index contributed by atoms with van der Waals surface area (Å²) < 4.78 is 240. The van der Waals surface area contributed by atoms with E-state index >= 15 is 0 Å². The Labute approximate surface area is 671 Å². The van der Waals surface area contributed by atoms with E-state index in [0.717, 1.165) is 48.9 Å². The van der Waals surface area contributed by atoms with Crippen molar-refractivity contribution in [2.24, 2.45) is 28.9 Å². The SMILES string of the molecule is C.C.CC1CCN(C(=O)C[C@H](N)Cc2cc(F)c(F)cc2F)[C@H](Cc2ccccc2C(F)(F)F)C(=O)N1.C[C@@H]1C(=O)N2CCC[C@@H]2CCN1C(=O)C[C@H](N)Cc1cc(F)c(F)cc1F.C[C@@H]1CCN(C(=O)C[C@H](N)Cc2cc(F)c(F)cc2F)[C@H](CC(F)(F)F)C(=O)N1.C[C@H]1CNC(=O)[C@@H](C)N(C(=O)C[C@H](N)Cc2cc(F)c(F)cc2F)C1. The molecule has 0 radical (unpaired) electrons. The first-order chi connectivity index (χ1) is 54.2. The third-order valence-corrected chi connectivity index (χ3v) is 20.4. The normalized spacial score (nSPS) is 21.4. The highest BCUT2D eigenvalue weighted by atomic mass is 19.4. The molecule has 654 valence electrons. The summed E-state index contributed by atoms with van der Waals surface area (Å²) in [6.45, 7) is 10.7. The largest absolute Gasteiger partial charge is 0.416 e. The minimum Gasteiger partial charge on any atom is -0.354 e. The van der Waals surface area contributed by atoms with Gasteiger partial charge in [0.15, 0.2) is 46.5 Å². The van der Waals surface area contributed by atoms with E-state index in [1.807, 2.05) is 11.8 Å². The lowest BCUT2D eigenvalue weighted by Crippen LogP contribution is -2.50. The average Bonchev–Trinajstić information content (AvgIpc) is 1.52. The maximum Gasteiger partial charge on any atom is 0.416 e. The number of halogens is 18. The number of fused-ring (bicyclic) bond motifs is 1. The molecule has 11 N–H and O–H groups in total. The van der Waals surface area contributed by atoms with Crippen molar-refractivity contribution in [2.45, 2.75) is 225 Å². The second-order valence-electron chi connectivity index (χ2n) is 29.8. The van der Waals surface area contributed by atoms with E-state index in [0.29, 0.717) is 62.5 Å². The number of hydrogen-bond donors (Lipinski definition) is 7. The standard InChI is InChI=1S/C24H25F6N3O2.C19H24F3N3O2.C18H21F6N3O2.C17H22F3N3O2.2CH4/c1-13-6-7-33(22(34)11-16(31)8-15-9-19(26)20(27)12-18(15)25)21(23(35)32-13)10-14-4-2-3-5-17(14)24(28,29)30;1-11-19(27)25-5-2-3-14(25)4-6-24(11)18(26)9-13(23)7-12-8-16(21)17(22)10-15(12)20;1-9-2-3-27(15(17(29)26-9)8-18(22,23)24)16(28)6-11(25)4-10-5-13(20)14(21)7-12(10)19;1-9-7-22-17(25)10(2)23(8-9)16(24)5-12(21)3-11-4-14(19)15(20)6-13(11)18;;/h2-5,9,12-13,16,21H,6-8,10-11,31H2,1H3,(H,32,35);8,10-11,13-14H,2-7,9,23H2,1H3;5,7,9,11,15H,2-4,6,8,25H2,1H3,(H,26,29);4,6,9-10,12H,3,5,7-8,21H2,1-2H3,(H,22,25);2*1H4/t13?,16-,21-;11-,13-,14-;9-,11-,15-;9-,10+,12+;;/m1110../s1. The van der Waals surface area contributed by atoms with E-state index in [2.05, 4.69) is 16.0 Å². The summed E-state index contributed by atoms with van der Waals surface area (Å²) in [5, 5.41) is 7.87. The molecule has 0 bridgehead atoms. The lowest BCUT2D eigenvalue weighted by molar-refractivity contribution is -0.161. The van der Waals surface area contributed by atoms with E-state index in [1.165, 1.54) is 32.9 Å². The van der Waals surface area contributed by atoms with Crippen LogP contribution in [0.3, 0.4) is 0 Å². The van der Waals surface area contributed by atoms with Crippen molar-refractivity contribution in [2.75, 3.05) is 39.3 Å². The Morgan fingerprint density at radius 1 is 0.432 bits per heavy atom. The third kappa shape index (κ3) is 27.8. The summed E-state index contributed by atoms with van der Waals surface area (Å²) >= 11 is 0. The zero-order chi connectivity index (χ0) is 86.3. The highest BCUT2D eigenvalue weighted by molar-refractivity contribution is 5.91. The molecule has 10 rings (SSSR count). The fourth-order valence-corrected chi connectivity index (χ4v) is 14.2. The molecule has 0 aromatic heterocycles. The number of hydrogen-bond acceptors (Lipinski definition) is 12. The Hall–Kier alpha value is -9.56. The number of rotatable bonds is 19. The molecule has 0 spiro atoms. The van der Waals surface area contributed by atoms with Gasteiger partial charge < -0.3 is 63.4 Å². The van der Waals surface area contributed by atoms with Crippen molar-refractivity contribution in [3.8, 4) is 0 Å². The van der Waals surface area contributed by atoms with Gasteiger partial charge in [-0.2, -0.15) is 26.3 Å². The maximum absolute atomic E-state index is 14.0. The van der Waals surface area contributed by atoms with Gasteiger partial charge in [-0.15, -0.1) is 0 Å². The molecule has 38 heteroatoms. The zero-order valence-electron chi connectivity index (χ0n) is 63.8. The zero-order valence-corrected chi connectivity index (χ0v) is 63.8. The van der Waals surface area contributed by atoms with Gasteiger partial charge in [0, 0.05) is 138 Å². The minimum absolute atomic E-state index is 0. The molecule has 5 heterocycles. The molecule has 12 atom stereocenters. The van der Waals surface area contributed by atoms with Crippen LogP contribution in [0.25, 0.3) is 0 Å². The number of alkyl halides is 6. The molecular weight excluding hydrogens is 1600 g/mol. The van der Waals surface area contributed by atoms with Crippen LogP contribution in [0.15, 0.2) is 72.8 Å². The van der Waals surface area contributed by atoms with Gasteiger partial charge in [-0.1, -0.05) is 40.0 Å². The predicted molar refractivity (Wildman–Crippen MR) is 399 cm³/mol. The summed E-state index contributed by atoms with van der Waals surface area (Å²) in [7, 11) is 0. The van der Waals surface area contributed by atoms with Gasteiger partial charge in [-0.25, -0.2) is 52.7 Å². The highest BCUT2D eigenvalue weighted by Crippen LogP contribution is 2.35. The number of nitrogens with one attached hydrogen (secondary N) is 3. The summed E-state index contributed by atoms with van der Waals surface area (Å²) in [5.41, 5.74) is 21.9. The van der Waals surface area contributed by atoms with Crippen LogP contribution in [0.1, 0.15) is 147 Å². The fourth-order valence-electron chi connectivity index (χ4n) is 14.2. The lowest BCUT2D eigenvalue weighted by Gasteiger charge is -2.30. The first kappa shape index (κ1) is 99.0. The van der Waals surface area contributed by atoms with Crippen LogP contribution in [0.2, 0.25) is 0 Å². The fraction of sp³-hybridized carbons (Fsp3) is 0.525. The van der Waals surface area contributed by atoms with E-state index in [9.17, 15) is 117 Å². The lowest BCUT2D eigenvalue weighted by atomic mass is 9.97. The molecule has 0 saturated carbocycles. The van der Waals surface area contributed by atoms with Crippen molar-refractivity contribution >= 4 is 47.3 Å². The van der Waals surface area contributed by atoms with Gasteiger partial charge in [0.05, 0.1) is 12.0 Å². The Bertz CT molecular complexity index is 4340. The first-order valence-electron chi connectivity index (χ1n) is 37.3. The molecule has 8 amide bonds. The van der Waals surface area contributed by atoms with Crippen molar-refractivity contribution in [1.29, 1.82) is 0 Å². The number of benzene rings is 5. The number of amides is 8. The van der Waals surface area contributed by atoms with Crippen LogP contribution in [0.4, 0.5) is 79.0 Å². The predicted octanol–water partition coefficient (Wildman–Crippen LogP) is 10.7.